The van der Waals surface area contributed by atoms with Gasteiger partial charge in [-0.2, -0.15) is 0 Å². The van der Waals surface area contributed by atoms with E-state index in [9.17, 15) is 9.59 Å². The van der Waals surface area contributed by atoms with Gasteiger partial charge in [-0.15, -0.1) is 0 Å². The highest BCUT2D eigenvalue weighted by molar-refractivity contribution is 5.94. The first-order valence-corrected chi connectivity index (χ1v) is 4.44. The van der Waals surface area contributed by atoms with Crippen LogP contribution in [0.4, 0.5) is 0 Å². The molecule has 13 heavy (non-hydrogen) atoms. The van der Waals surface area contributed by atoms with Crippen molar-refractivity contribution in [3.8, 4) is 0 Å². The van der Waals surface area contributed by atoms with Crippen molar-refractivity contribution >= 4 is 11.8 Å². The lowest BCUT2D eigenvalue weighted by Crippen LogP contribution is -2.57. The van der Waals surface area contributed by atoms with E-state index < -0.39 is 0 Å². The fraction of sp³-hybridized carbons (Fsp3) is 0.750. The Bertz CT molecular complexity index is 217. The largest absolute Gasteiger partial charge is 0.345 e. The molecule has 1 saturated heterocycles. The molecule has 0 radical (unpaired) electrons. The predicted molar refractivity (Wildman–Crippen MR) is 47.9 cm³/mol. The number of piperazine rings is 1. The zero-order valence-corrected chi connectivity index (χ0v) is 7.75. The second-order valence-electron chi connectivity index (χ2n) is 3.12. The van der Waals surface area contributed by atoms with Gasteiger partial charge >= 0.3 is 0 Å². The van der Waals surface area contributed by atoms with Crippen LogP contribution in [0.5, 0.6) is 0 Å². The van der Waals surface area contributed by atoms with Crippen molar-refractivity contribution in [3.63, 3.8) is 0 Å². The molecule has 0 aromatic rings. The second kappa shape index (κ2) is 4.23. The molecular formula is C8H15N3O2. The van der Waals surface area contributed by atoms with Crippen LogP contribution >= 0.6 is 0 Å². The van der Waals surface area contributed by atoms with E-state index >= 15 is 0 Å². The van der Waals surface area contributed by atoms with Crippen molar-refractivity contribution in [2.24, 2.45) is 5.73 Å². The number of nitrogens with two attached hydrogens (primary N) is 1. The minimum atomic E-state index is -0.354. The minimum Gasteiger partial charge on any atom is -0.345 e. The fourth-order valence-corrected chi connectivity index (χ4v) is 1.35. The van der Waals surface area contributed by atoms with Crippen LogP contribution < -0.4 is 11.1 Å². The van der Waals surface area contributed by atoms with Crippen LogP contribution in [0.15, 0.2) is 0 Å². The standard InChI is InChI=1S/C8H15N3O2/c1-6-8(13)10-5-7(12)11(6)4-2-3-9/h6H,2-5,9H2,1H3,(H,10,13). The first-order valence-electron chi connectivity index (χ1n) is 4.44. The first kappa shape index (κ1) is 9.98. The molecule has 0 bridgehead atoms. The Labute approximate surface area is 77.3 Å². The third kappa shape index (κ3) is 2.18. The molecule has 2 amide bonds. The van der Waals surface area contributed by atoms with Crippen molar-refractivity contribution in [1.29, 1.82) is 0 Å². The van der Waals surface area contributed by atoms with Gasteiger partial charge in [0.25, 0.3) is 0 Å². The molecule has 74 valence electrons. The monoisotopic (exact) mass is 185 g/mol. The summed E-state index contributed by atoms with van der Waals surface area (Å²) in [6, 6.07) is -0.354. The van der Waals surface area contributed by atoms with Gasteiger partial charge in [-0.3, -0.25) is 9.59 Å². The van der Waals surface area contributed by atoms with Gasteiger partial charge in [-0.25, -0.2) is 0 Å². The van der Waals surface area contributed by atoms with Gasteiger partial charge in [0.05, 0.1) is 6.54 Å². The van der Waals surface area contributed by atoms with Crippen molar-refractivity contribution in [2.45, 2.75) is 19.4 Å². The zero-order valence-electron chi connectivity index (χ0n) is 7.75. The quantitative estimate of drug-likeness (QED) is 0.572. The molecule has 5 nitrogen and oxygen atoms in total. The summed E-state index contributed by atoms with van der Waals surface area (Å²) < 4.78 is 0. The summed E-state index contributed by atoms with van der Waals surface area (Å²) in [6.45, 7) is 2.96. The lowest BCUT2D eigenvalue weighted by molar-refractivity contribution is -0.144. The minimum absolute atomic E-state index is 0.0273. The molecule has 0 aliphatic carbocycles. The number of nitrogens with zero attached hydrogens (tertiary/aromatic N) is 1. The summed E-state index contributed by atoms with van der Waals surface area (Å²) in [5.74, 6) is -0.114. The Morgan fingerprint density at radius 1 is 1.62 bits per heavy atom. The third-order valence-electron chi connectivity index (χ3n) is 2.18. The van der Waals surface area contributed by atoms with E-state index in [-0.39, 0.29) is 24.4 Å². The van der Waals surface area contributed by atoms with Crippen LogP contribution in [0, 0.1) is 0 Å². The maximum Gasteiger partial charge on any atom is 0.242 e. The Kier molecular flexibility index (Phi) is 3.25. The first-order chi connectivity index (χ1) is 6.16. The van der Waals surface area contributed by atoms with Crippen LogP contribution in [0.1, 0.15) is 13.3 Å². The van der Waals surface area contributed by atoms with Crippen molar-refractivity contribution in [3.05, 3.63) is 0 Å². The second-order valence-corrected chi connectivity index (χ2v) is 3.12. The number of rotatable bonds is 3. The topological polar surface area (TPSA) is 75.4 Å². The van der Waals surface area contributed by atoms with Gasteiger partial charge in [0.1, 0.15) is 6.04 Å². The molecule has 0 saturated carbocycles. The Balaban J connectivity index is 2.55. The lowest BCUT2D eigenvalue weighted by atomic mass is 10.2. The average Bonchev–Trinajstić information content (AvgIpc) is 2.12. The molecule has 5 heteroatoms. The maximum atomic E-state index is 11.3. The molecule has 1 atom stereocenters. The van der Waals surface area contributed by atoms with Gasteiger partial charge in [0.15, 0.2) is 0 Å². The molecule has 1 rings (SSSR count). The SMILES string of the molecule is CC1C(=O)NCC(=O)N1CCCN. The number of hydrogen-bond acceptors (Lipinski definition) is 3. The number of carbonyl (C=O) groups excluding carboxylic acids is 2. The predicted octanol–water partition coefficient (Wildman–Crippen LogP) is -1.32. The van der Waals surface area contributed by atoms with E-state index in [1.54, 1.807) is 11.8 Å². The average molecular weight is 185 g/mol. The van der Waals surface area contributed by atoms with E-state index in [1.807, 2.05) is 0 Å². The summed E-state index contributed by atoms with van der Waals surface area (Å²) >= 11 is 0. The smallest absolute Gasteiger partial charge is 0.242 e. The highest BCUT2D eigenvalue weighted by Crippen LogP contribution is 2.05. The zero-order chi connectivity index (χ0) is 9.84. The number of amides is 2. The summed E-state index contributed by atoms with van der Waals surface area (Å²) in [5, 5.41) is 2.53. The summed E-state index contributed by atoms with van der Waals surface area (Å²) in [4.78, 5) is 24.1. The van der Waals surface area contributed by atoms with E-state index in [2.05, 4.69) is 5.32 Å². The lowest BCUT2D eigenvalue weighted by Gasteiger charge is -2.32. The molecule has 1 heterocycles. The fourth-order valence-electron chi connectivity index (χ4n) is 1.35. The summed E-state index contributed by atoms with van der Waals surface area (Å²) in [7, 11) is 0. The van der Waals surface area contributed by atoms with Gasteiger partial charge in [0.2, 0.25) is 11.8 Å². The van der Waals surface area contributed by atoms with Crippen LogP contribution in [0.2, 0.25) is 0 Å². The molecule has 3 N–H and O–H groups in total. The number of nitrogens with one attached hydrogen (secondary N) is 1. The molecule has 0 aromatic heterocycles. The van der Waals surface area contributed by atoms with Crippen molar-refractivity contribution < 1.29 is 9.59 Å². The molecule has 1 unspecified atom stereocenters. The number of hydrogen-bond donors (Lipinski definition) is 2. The summed E-state index contributed by atoms with van der Waals surface area (Å²) in [5.41, 5.74) is 5.33. The molecule has 1 aliphatic rings. The van der Waals surface area contributed by atoms with Gasteiger partial charge < -0.3 is 16.0 Å². The molecular weight excluding hydrogens is 170 g/mol. The normalized spacial score (nSPS) is 23.2. The molecule has 1 aliphatic heterocycles. The van der Waals surface area contributed by atoms with Gasteiger partial charge in [-0.1, -0.05) is 0 Å². The van der Waals surface area contributed by atoms with Crippen LogP contribution in [0.3, 0.4) is 0 Å². The van der Waals surface area contributed by atoms with E-state index in [4.69, 9.17) is 5.73 Å². The Morgan fingerprint density at radius 2 is 2.31 bits per heavy atom. The van der Waals surface area contributed by atoms with Crippen LogP contribution in [0.25, 0.3) is 0 Å². The van der Waals surface area contributed by atoms with Crippen molar-refractivity contribution in [2.75, 3.05) is 19.6 Å². The van der Waals surface area contributed by atoms with E-state index in [0.717, 1.165) is 6.42 Å². The molecule has 0 aromatic carbocycles. The summed E-state index contributed by atoms with van der Waals surface area (Å²) in [6.07, 6.45) is 0.739. The van der Waals surface area contributed by atoms with Gasteiger partial charge in [0, 0.05) is 6.54 Å². The molecule has 1 fully saturated rings. The van der Waals surface area contributed by atoms with Gasteiger partial charge in [-0.05, 0) is 19.9 Å². The highest BCUT2D eigenvalue weighted by atomic mass is 16.2. The Morgan fingerprint density at radius 3 is 2.92 bits per heavy atom. The van der Waals surface area contributed by atoms with Crippen LogP contribution in [-0.2, 0) is 9.59 Å². The number of carbonyl (C=O) groups is 2. The molecule has 0 spiro atoms. The van der Waals surface area contributed by atoms with Crippen molar-refractivity contribution in [1.82, 2.24) is 10.2 Å². The highest BCUT2D eigenvalue weighted by Gasteiger charge is 2.29. The van der Waals surface area contributed by atoms with Crippen LogP contribution in [-0.4, -0.2) is 42.4 Å². The maximum absolute atomic E-state index is 11.3. The van der Waals surface area contributed by atoms with E-state index in [1.165, 1.54) is 0 Å². The Hall–Kier alpha value is -1.10. The third-order valence-corrected chi connectivity index (χ3v) is 2.18. The van der Waals surface area contributed by atoms with E-state index in [0.29, 0.717) is 13.1 Å².